The molecule has 0 bridgehead atoms. The largest absolute Gasteiger partial charge is 0.506 e. The number of rotatable bonds is 4. The van der Waals surface area contributed by atoms with E-state index >= 15 is 0 Å². The van der Waals surface area contributed by atoms with E-state index in [1.165, 1.54) is 12.1 Å². The second-order valence-corrected chi connectivity index (χ2v) is 3.21. The number of anilines is 1. The van der Waals surface area contributed by atoms with E-state index in [2.05, 4.69) is 5.32 Å². The van der Waals surface area contributed by atoms with Crippen molar-refractivity contribution in [3.63, 3.8) is 0 Å². The van der Waals surface area contributed by atoms with Crippen LogP contribution in [0.25, 0.3) is 0 Å². The summed E-state index contributed by atoms with van der Waals surface area (Å²) in [5, 5.41) is 20.1. The molecular formula is C10H12N2O4. The van der Waals surface area contributed by atoms with Crippen LogP contribution in [0.1, 0.15) is 6.42 Å². The van der Waals surface area contributed by atoms with Gasteiger partial charge in [0, 0.05) is 0 Å². The molecule has 1 rings (SSSR count). The number of nitrogens with two attached hydrogens (primary N) is 1. The lowest BCUT2D eigenvalue weighted by Crippen LogP contribution is -2.37. The lowest BCUT2D eigenvalue weighted by atomic mass is 10.2. The van der Waals surface area contributed by atoms with Gasteiger partial charge in [-0.25, -0.2) is 0 Å². The summed E-state index contributed by atoms with van der Waals surface area (Å²) in [4.78, 5) is 21.7. The number of benzene rings is 1. The van der Waals surface area contributed by atoms with Crippen molar-refractivity contribution >= 4 is 17.6 Å². The van der Waals surface area contributed by atoms with Gasteiger partial charge in [0.05, 0.1) is 18.2 Å². The second kappa shape index (κ2) is 5.13. The molecular weight excluding hydrogens is 212 g/mol. The predicted octanol–water partition coefficient (Wildman–Crippen LogP) is 0.133. The van der Waals surface area contributed by atoms with Gasteiger partial charge in [-0.2, -0.15) is 0 Å². The van der Waals surface area contributed by atoms with Gasteiger partial charge in [0.15, 0.2) is 0 Å². The van der Waals surface area contributed by atoms with Crippen molar-refractivity contribution in [2.75, 3.05) is 5.32 Å². The van der Waals surface area contributed by atoms with Crippen LogP contribution >= 0.6 is 0 Å². The summed E-state index contributed by atoms with van der Waals surface area (Å²) in [6.07, 6.45) is -0.459. The van der Waals surface area contributed by atoms with Gasteiger partial charge < -0.3 is 21.3 Å². The number of phenols is 1. The fourth-order valence-electron chi connectivity index (χ4n) is 1.09. The average Bonchev–Trinajstić information content (AvgIpc) is 2.20. The van der Waals surface area contributed by atoms with Crippen LogP contribution in [0.2, 0.25) is 0 Å². The first-order chi connectivity index (χ1) is 7.50. The van der Waals surface area contributed by atoms with Crippen LogP contribution in [0.3, 0.4) is 0 Å². The minimum atomic E-state index is -1.15. The normalized spacial score (nSPS) is 11.8. The van der Waals surface area contributed by atoms with Gasteiger partial charge in [0.25, 0.3) is 0 Å². The Hall–Kier alpha value is -2.08. The smallest absolute Gasteiger partial charge is 0.305 e. The van der Waals surface area contributed by atoms with Gasteiger partial charge in [-0.05, 0) is 12.1 Å². The molecule has 6 heteroatoms. The Kier molecular flexibility index (Phi) is 3.84. The first-order valence-corrected chi connectivity index (χ1v) is 4.57. The van der Waals surface area contributed by atoms with Crippen LogP contribution < -0.4 is 11.1 Å². The molecule has 0 spiro atoms. The van der Waals surface area contributed by atoms with Gasteiger partial charge >= 0.3 is 5.97 Å². The molecule has 1 aromatic rings. The third-order valence-corrected chi connectivity index (χ3v) is 1.89. The van der Waals surface area contributed by atoms with E-state index in [0.717, 1.165) is 0 Å². The molecule has 0 aliphatic heterocycles. The van der Waals surface area contributed by atoms with E-state index in [-0.39, 0.29) is 11.4 Å². The highest BCUT2D eigenvalue weighted by Gasteiger charge is 2.17. The summed E-state index contributed by atoms with van der Waals surface area (Å²) in [6.45, 7) is 0. The van der Waals surface area contributed by atoms with E-state index in [9.17, 15) is 14.7 Å². The van der Waals surface area contributed by atoms with Crippen LogP contribution in [-0.2, 0) is 9.59 Å². The predicted molar refractivity (Wildman–Crippen MR) is 57.0 cm³/mol. The SMILES string of the molecule is N[C@@H](CC(=O)O)C(=O)Nc1ccccc1O. The van der Waals surface area contributed by atoms with E-state index in [1.54, 1.807) is 12.1 Å². The Bertz CT molecular complexity index is 406. The molecule has 86 valence electrons. The van der Waals surface area contributed by atoms with Crippen molar-refractivity contribution in [3.05, 3.63) is 24.3 Å². The van der Waals surface area contributed by atoms with Gasteiger partial charge in [0.2, 0.25) is 5.91 Å². The van der Waals surface area contributed by atoms with Crippen molar-refractivity contribution in [1.82, 2.24) is 0 Å². The van der Waals surface area contributed by atoms with Crippen molar-refractivity contribution in [3.8, 4) is 5.75 Å². The van der Waals surface area contributed by atoms with E-state index < -0.39 is 24.3 Å². The van der Waals surface area contributed by atoms with Gasteiger partial charge in [-0.3, -0.25) is 9.59 Å². The first-order valence-electron chi connectivity index (χ1n) is 4.57. The number of nitrogens with one attached hydrogen (secondary N) is 1. The van der Waals surface area contributed by atoms with E-state index in [4.69, 9.17) is 10.8 Å². The van der Waals surface area contributed by atoms with Crippen LogP contribution in [0.15, 0.2) is 24.3 Å². The molecule has 0 unspecified atom stereocenters. The summed E-state index contributed by atoms with van der Waals surface area (Å²) < 4.78 is 0. The summed E-state index contributed by atoms with van der Waals surface area (Å²) in [5.41, 5.74) is 5.54. The van der Waals surface area contributed by atoms with Gasteiger partial charge in [0.1, 0.15) is 5.75 Å². The highest BCUT2D eigenvalue weighted by molar-refractivity contribution is 5.97. The lowest BCUT2D eigenvalue weighted by Gasteiger charge is -2.10. The minimum absolute atomic E-state index is 0.0987. The monoisotopic (exact) mass is 224 g/mol. The van der Waals surface area contributed by atoms with Crippen molar-refractivity contribution in [2.45, 2.75) is 12.5 Å². The molecule has 16 heavy (non-hydrogen) atoms. The quantitative estimate of drug-likeness (QED) is 0.543. The molecule has 0 saturated carbocycles. The number of hydrogen-bond donors (Lipinski definition) is 4. The number of carboxylic acid groups (broad SMARTS) is 1. The number of amides is 1. The number of hydrogen-bond acceptors (Lipinski definition) is 4. The highest BCUT2D eigenvalue weighted by Crippen LogP contribution is 2.21. The van der Waals surface area contributed by atoms with Crippen LogP contribution in [0, 0.1) is 0 Å². The number of aromatic hydroxyl groups is 1. The van der Waals surface area contributed by atoms with Crippen molar-refractivity contribution in [1.29, 1.82) is 0 Å². The number of phenolic OH excluding ortho intramolecular Hbond substituents is 1. The van der Waals surface area contributed by atoms with E-state index in [0.29, 0.717) is 0 Å². The molecule has 0 aliphatic carbocycles. The number of para-hydroxylation sites is 2. The molecule has 5 N–H and O–H groups in total. The molecule has 0 radical (unpaired) electrons. The molecule has 0 fully saturated rings. The van der Waals surface area contributed by atoms with Gasteiger partial charge in [-0.1, -0.05) is 12.1 Å². The molecule has 0 heterocycles. The Labute approximate surface area is 91.7 Å². The Morgan fingerprint density at radius 1 is 1.38 bits per heavy atom. The van der Waals surface area contributed by atoms with Gasteiger partial charge in [-0.15, -0.1) is 0 Å². The first kappa shape index (κ1) is 12.0. The van der Waals surface area contributed by atoms with Crippen molar-refractivity contribution in [2.24, 2.45) is 5.73 Å². The third kappa shape index (κ3) is 3.25. The zero-order valence-corrected chi connectivity index (χ0v) is 8.38. The van der Waals surface area contributed by atoms with Crippen LogP contribution in [-0.4, -0.2) is 28.1 Å². The second-order valence-electron chi connectivity index (χ2n) is 3.21. The fraction of sp³-hybridized carbons (Fsp3) is 0.200. The van der Waals surface area contributed by atoms with Crippen LogP contribution in [0.4, 0.5) is 5.69 Å². The lowest BCUT2D eigenvalue weighted by molar-refractivity contribution is -0.138. The topological polar surface area (TPSA) is 113 Å². The highest BCUT2D eigenvalue weighted by atomic mass is 16.4. The molecule has 1 atom stereocenters. The van der Waals surface area contributed by atoms with Crippen LogP contribution in [0.5, 0.6) is 5.75 Å². The maximum atomic E-state index is 11.4. The Balaban J connectivity index is 2.64. The third-order valence-electron chi connectivity index (χ3n) is 1.89. The summed E-state index contributed by atoms with van der Waals surface area (Å²) in [5.74, 6) is -1.90. The Morgan fingerprint density at radius 2 is 2.00 bits per heavy atom. The maximum Gasteiger partial charge on any atom is 0.305 e. The zero-order chi connectivity index (χ0) is 12.1. The minimum Gasteiger partial charge on any atom is -0.506 e. The number of carboxylic acids is 1. The molecule has 1 amide bonds. The summed E-state index contributed by atoms with van der Waals surface area (Å²) >= 11 is 0. The molecule has 0 saturated heterocycles. The molecule has 0 aliphatic rings. The summed E-state index contributed by atoms with van der Waals surface area (Å²) in [6, 6.07) is 4.97. The maximum absolute atomic E-state index is 11.4. The average molecular weight is 224 g/mol. The summed E-state index contributed by atoms with van der Waals surface area (Å²) in [7, 11) is 0. The fourth-order valence-corrected chi connectivity index (χ4v) is 1.09. The molecule has 0 aromatic heterocycles. The standard InChI is InChI=1S/C10H12N2O4/c11-6(5-9(14)15)10(16)12-7-3-1-2-4-8(7)13/h1-4,6,13H,5,11H2,(H,12,16)(H,14,15)/t6-/m0/s1. The number of aliphatic carboxylic acids is 1. The Morgan fingerprint density at radius 3 is 2.56 bits per heavy atom. The number of carbonyl (C=O) groups excluding carboxylic acids is 1. The van der Waals surface area contributed by atoms with Crippen molar-refractivity contribution < 1.29 is 19.8 Å². The molecule has 6 nitrogen and oxygen atoms in total. The zero-order valence-electron chi connectivity index (χ0n) is 8.38. The number of carbonyl (C=O) groups is 2. The van der Waals surface area contributed by atoms with E-state index in [1.807, 2.05) is 0 Å². The molecule has 1 aromatic carbocycles.